The summed E-state index contributed by atoms with van der Waals surface area (Å²) >= 11 is 0. The van der Waals surface area contributed by atoms with Gasteiger partial charge in [-0.2, -0.15) is 0 Å². The Morgan fingerprint density at radius 1 is 1.70 bits per heavy atom. The van der Waals surface area contributed by atoms with Crippen LogP contribution in [0.25, 0.3) is 0 Å². The summed E-state index contributed by atoms with van der Waals surface area (Å²) in [5, 5.41) is 2.77. The molecule has 3 nitrogen and oxygen atoms in total. The molecule has 10 heavy (non-hydrogen) atoms. The molecule has 0 heterocycles. The molecule has 0 spiro atoms. The molecule has 0 fully saturated rings. The van der Waals surface area contributed by atoms with Crippen LogP contribution in [0.4, 0.5) is 0 Å². The molecule has 0 aliphatic heterocycles. The number of hydrogen-bond donors (Lipinski definition) is 2. The molecule has 0 aromatic rings. The Hall–Kier alpha value is -0.570. The summed E-state index contributed by atoms with van der Waals surface area (Å²) in [4.78, 5) is 10.6. The molecule has 3 N–H and O–H groups in total. The van der Waals surface area contributed by atoms with E-state index < -0.39 is 0 Å². The zero-order chi connectivity index (χ0) is 8.15. The van der Waals surface area contributed by atoms with E-state index in [4.69, 9.17) is 5.73 Å². The molecule has 60 valence electrons. The Morgan fingerprint density at radius 2 is 2.20 bits per heavy atom. The second kappa shape index (κ2) is 4.28. The summed E-state index contributed by atoms with van der Waals surface area (Å²) in [5.74, 6) is -0.0100. The Balaban J connectivity index is 3.71. The van der Waals surface area contributed by atoms with Crippen molar-refractivity contribution in [3.8, 4) is 0 Å². The third kappa shape index (κ3) is 3.45. The number of nitrogens with one attached hydrogen (secondary N) is 1. The number of hydrogen-bond acceptors (Lipinski definition) is 2. The Bertz CT molecular complexity index is 112. The average Bonchev–Trinajstić information content (AvgIpc) is 1.81. The second-order valence-corrected chi connectivity index (χ2v) is 2.57. The highest BCUT2D eigenvalue weighted by molar-refractivity contribution is 5.73. The first-order valence-corrected chi connectivity index (χ1v) is 3.60. The number of nitrogens with two attached hydrogens (primary N) is 1. The number of carbonyl (C=O) groups is 1. The molecule has 0 aromatic heterocycles. The maximum Gasteiger partial charge on any atom is 0.217 e. The van der Waals surface area contributed by atoms with Crippen molar-refractivity contribution in [2.45, 2.75) is 39.3 Å². The van der Waals surface area contributed by atoms with Crippen LogP contribution in [0.15, 0.2) is 0 Å². The second-order valence-electron chi connectivity index (χ2n) is 2.57. The summed E-state index contributed by atoms with van der Waals surface area (Å²) in [5.41, 5.74) is 5.58. The molecule has 0 rings (SSSR count). The van der Waals surface area contributed by atoms with Crippen LogP contribution in [0.1, 0.15) is 27.2 Å². The molecule has 0 radical (unpaired) electrons. The van der Waals surface area contributed by atoms with Crippen LogP contribution in [0, 0.1) is 0 Å². The minimum atomic E-state index is -0.0100. The summed E-state index contributed by atoms with van der Waals surface area (Å²) in [6.07, 6.45) is 0.886. The molecule has 1 amide bonds. The Kier molecular flexibility index (Phi) is 4.03. The highest BCUT2D eigenvalue weighted by Gasteiger charge is 2.10. The van der Waals surface area contributed by atoms with Crippen LogP contribution in [0.5, 0.6) is 0 Å². The largest absolute Gasteiger partial charge is 0.352 e. The van der Waals surface area contributed by atoms with Gasteiger partial charge in [0.1, 0.15) is 0 Å². The molecule has 0 aromatic carbocycles. The number of rotatable bonds is 3. The van der Waals surface area contributed by atoms with E-state index in [-0.39, 0.29) is 18.0 Å². The normalized spacial score (nSPS) is 16.0. The molecule has 0 aliphatic rings. The van der Waals surface area contributed by atoms with E-state index in [0.717, 1.165) is 6.42 Å². The van der Waals surface area contributed by atoms with Gasteiger partial charge in [0.25, 0.3) is 0 Å². The average molecular weight is 144 g/mol. The third-order valence-corrected chi connectivity index (χ3v) is 1.46. The SMILES string of the molecule is CCC(NC(C)=O)C(C)N. The van der Waals surface area contributed by atoms with Crippen LogP contribution >= 0.6 is 0 Å². The van der Waals surface area contributed by atoms with E-state index in [1.54, 1.807) is 0 Å². The topological polar surface area (TPSA) is 55.1 Å². The lowest BCUT2D eigenvalue weighted by molar-refractivity contribution is -0.119. The smallest absolute Gasteiger partial charge is 0.217 e. The Morgan fingerprint density at radius 3 is 2.30 bits per heavy atom. The van der Waals surface area contributed by atoms with E-state index in [1.807, 2.05) is 13.8 Å². The minimum absolute atomic E-state index is 0.0100. The predicted molar refractivity (Wildman–Crippen MR) is 41.5 cm³/mol. The summed E-state index contributed by atoms with van der Waals surface area (Å²) in [6, 6.07) is 0.159. The van der Waals surface area contributed by atoms with Gasteiger partial charge < -0.3 is 11.1 Å². The number of carbonyl (C=O) groups excluding carboxylic acids is 1. The van der Waals surface area contributed by atoms with Gasteiger partial charge in [-0.1, -0.05) is 6.92 Å². The van der Waals surface area contributed by atoms with Crippen LogP contribution in [-0.2, 0) is 4.79 Å². The van der Waals surface area contributed by atoms with Crippen LogP contribution in [-0.4, -0.2) is 18.0 Å². The molecule has 0 saturated heterocycles. The van der Waals surface area contributed by atoms with Crippen molar-refractivity contribution >= 4 is 5.91 Å². The van der Waals surface area contributed by atoms with Crippen LogP contribution < -0.4 is 11.1 Å². The minimum Gasteiger partial charge on any atom is -0.352 e. The van der Waals surface area contributed by atoms with Gasteiger partial charge in [-0.05, 0) is 13.3 Å². The maximum atomic E-state index is 10.6. The summed E-state index contributed by atoms with van der Waals surface area (Å²) in [6.45, 7) is 5.40. The maximum absolute atomic E-state index is 10.6. The molecule has 0 saturated carbocycles. The molecule has 2 unspecified atom stereocenters. The predicted octanol–water partition coefficient (Wildman–Crippen LogP) is 0.248. The highest BCUT2D eigenvalue weighted by atomic mass is 16.1. The standard InChI is InChI=1S/C7H16N2O/c1-4-7(5(2)8)9-6(3)10/h5,7H,4,8H2,1-3H3,(H,9,10). The van der Waals surface area contributed by atoms with Gasteiger partial charge in [-0.25, -0.2) is 0 Å². The van der Waals surface area contributed by atoms with Crippen molar-refractivity contribution in [2.24, 2.45) is 5.73 Å². The molecule has 0 bridgehead atoms. The van der Waals surface area contributed by atoms with Crippen molar-refractivity contribution in [1.82, 2.24) is 5.32 Å². The van der Waals surface area contributed by atoms with E-state index in [1.165, 1.54) is 6.92 Å². The molecule has 0 aliphatic carbocycles. The first kappa shape index (κ1) is 9.43. The summed E-state index contributed by atoms with van der Waals surface area (Å²) < 4.78 is 0. The van der Waals surface area contributed by atoms with Crippen molar-refractivity contribution in [3.63, 3.8) is 0 Å². The van der Waals surface area contributed by atoms with E-state index in [9.17, 15) is 4.79 Å². The van der Waals surface area contributed by atoms with Gasteiger partial charge >= 0.3 is 0 Å². The number of amides is 1. The zero-order valence-corrected chi connectivity index (χ0v) is 6.85. The van der Waals surface area contributed by atoms with Crippen LogP contribution in [0.3, 0.4) is 0 Å². The van der Waals surface area contributed by atoms with Gasteiger partial charge in [0.2, 0.25) is 5.91 Å². The van der Waals surface area contributed by atoms with Gasteiger partial charge in [0.15, 0.2) is 0 Å². The third-order valence-electron chi connectivity index (χ3n) is 1.46. The van der Waals surface area contributed by atoms with Gasteiger partial charge in [-0.3, -0.25) is 4.79 Å². The van der Waals surface area contributed by atoms with Gasteiger partial charge in [-0.15, -0.1) is 0 Å². The van der Waals surface area contributed by atoms with Crippen molar-refractivity contribution in [3.05, 3.63) is 0 Å². The highest BCUT2D eigenvalue weighted by Crippen LogP contribution is 1.94. The van der Waals surface area contributed by atoms with Gasteiger partial charge in [0.05, 0.1) is 0 Å². The molecule has 3 heteroatoms. The Labute approximate surface area is 62.0 Å². The molecular weight excluding hydrogens is 128 g/mol. The first-order valence-electron chi connectivity index (χ1n) is 3.60. The zero-order valence-electron chi connectivity index (χ0n) is 6.85. The van der Waals surface area contributed by atoms with Crippen molar-refractivity contribution < 1.29 is 4.79 Å². The van der Waals surface area contributed by atoms with E-state index in [0.29, 0.717) is 0 Å². The monoisotopic (exact) mass is 144 g/mol. The van der Waals surface area contributed by atoms with Crippen LogP contribution in [0.2, 0.25) is 0 Å². The van der Waals surface area contributed by atoms with E-state index in [2.05, 4.69) is 5.32 Å². The first-order chi connectivity index (χ1) is 4.57. The lowest BCUT2D eigenvalue weighted by Crippen LogP contribution is -2.44. The fourth-order valence-corrected chi connectivity index (χ4v) is 0.866. The lowest BCUT2D eigenvalue weighted by Gasteiger charge is -2.19. The lowest BCUT2D eigenvalue weighted by atomic mass is 10.1. The summed E-state index contributed by atoms with van der Waals surface area (Å²) in [7, 11) is 0. The van der Waals surface area contributed by atoms with Crippen molar-refractivity contribution in [1.29, 1.82) is 0 Å². The van der Waals surface area contributed by atoms with Crippen molar-refractivity contribution in [2.75, 3.05) is 0 Å². The fraction of sp³-hybridized carbons (Fsp3) is 0.857. The fourth-order valence-electron chi connectivity index (χ4n) is 0.866. The van der Waals surface area contributed by atoms with E-state index >= 15 is 0 Å². The molecule has 2 atom stereocenters. The molecular formula is C7H16N2O. The quantitative estimate of drug-likeness (QED) is 0.596. The van der Waals surface area contributed by atoms with Gasteiger partial charge in [0, 0.05) is 19.0 Å².